The summed E-state index contributed by atoms with van der Waals surface area (Å²) < 4.78 is 0. The first-order valence-electron chi connectivity index (χ1n) is 6.66. The lowest BCUT2D eigenvalue weighted by atomic mass is 9.88. The molecule has 2 aromatic rings. The summed E-state index contributed by atoms with van der Waals surface area (Å²) in [5, 5.41) is 2.07. The van der Waals surface area contributed by atoms with Gasteiger partial charge in [0, 0.05) is 10.4 Å². The van der Waals surface area contributed by atoms with Crippen LogP contribution in [0.25, 0.3) is 5.57 Å². The lowest BCUT2D eigenvalue weighted by molar-refractivity contribution is 0.100. The maximum atomic E-state index is 11.9. The van der Waals surface area contributed by atoms with Gasteiger partial charge in [-0.1, -0.05) is 18.2 Å². The number of hydrogen-bond donors (Lipinski definition) is 2. The highest BCUT2D eigenvalue weighted by Gasteiger charge is 2.17. The third kappa shape index (κ3) is 2.73. The molecule has 0 atom stereocenters. The minimum Gasteiger partial charge on any atom is -0.370 e. The molecule has 0 unspecified atom stereocenters. The van der Waals surface area contributed by atoms with E-state index in [-0.39, 0.29) is 5.96 Å². The monoisotopic (exact) mass is 297 g/mol. The minimum absolute atomic E-state index is 0.211. The molecule has 1 heterocycles. The Kier molecular flexibility index (Phi) is 3.58. The smallest absolute Gasteiger partial charge is 0.280 e. The predicted molar refractivity (Wildman–Crippen MR) is 86.3 cm³/mol. The molecule has 0 fully saturated rings. The zero-order valence-corrected chi connectivity index (χ0v) is 12.2. The SMILES string of the molecule is NC(N)=NC(=O)c1ccc2c(c1)CCC=C2c1cccs1. The third-order valence-corrected chi connectivity index (χ3v) is 4.32. The molecule has 1 aromatic heterocycles. The number of hydrogen-bond acceptors (Lipinski definition) is 2. The van der Waals surface area contributed by atoms with E-state index in [2.05, 4.69) is 22.5 Å². The maximum Gasteiger partial charge on any atom is 0.280 e. The fourth-order valence-corrected chi connectivity index (χ4v) is 3.31. The van der Waals surface area contributed by atoms with Gasteiger partial charge in [0.2, 0.25) is 0 Å². The molecule has 0 radical (unpaired) electrons. The van der Waals surface area contributed by atoms with Gasteiger partial charge >= 0.3 is 0 Å². The van der Waals surface area contributed by atoms with Crippen LogP contribution < -0.4 is 11.5 Å². The van der Waals surface area contributed by atoms with Crippen molar-refractivity contribution in [2.45, 2.75) is 12.8 Å². The van der Waals surface area contributed by atoms with Gasteiger partial charge in [-0.15, -0.1) is 11.3 Å². The van der Waals surface area contributed by atoms with Crippen molar-refractivity contribution in [2.24, 2.45) is 16.5 Å². The van der Waals surface area contributed by atoms with Crippen molar-refractivity contribution < 1.29 is 4.79 Å². The Labute approximate surface area is 126 Å². The van der Waals surface area contributed by atoms with Crippen LogP contribution >= 0.6 is 11.3 Å². The van der Waals surface area contributed by atoms with Crippen molar-refractivity contribution in [1.82, 2.24) is 0 Å². The molecule has 4 N–H and O–H groups in total. The minimum atomic E-state index is -0.398. The number of carbonyl (C=O) groups is 1. The number of carbonyl (C=O) groups excluding carboxylic acids is 1. The highest BCUT2D eigenvalue weighted by atomic mass is 32.1. The van der Waals surface area contributed by atoms with Gasteiger partial charge in [-0.2, -0.15) is 4.99 Å². The highest BCUT2D eigenvalue weighted by molar-refractivity contribution is 7.11. The van der Waals surface area contributed by atoms with Gasteiger partial charge in [0.25, 0.3) is 5.91 Å². The zero-order chi connectivity index (χ0) is 14.8. The number of fused-ring (bicyclic) bond motifs is 1. The summed E-state index contributed by atoms with van der Waals surface area (Å²) in [5.41, 5.74) is 14.6. The molecule has 0 spiro atoms. The van der Waals surface area contributed by atoms with E-state index in [0.717, 1.165) is 18.4 Å². The second-order valence-electron chi connectivity index (χ2n) is 4.85. The Hall–Kier alpha value is -2.40. The lowest BCUT2D eigenvalue weighted by Crippen LogP contribution is -2.24. The summed E-state index contributed by atoms with van der Waals surface area (Å²) in [6.07, 6.45) is 4.15. The number of nitrogens with two attached hydrogens (primary N) is 2. The van der Waals surface area contributed by atoms with Crippen LogP contribution in [-0.4, -0.2) is 11.9 Å². The molecular formula is C16H15N3OS. The van der Waals surface area contributed by atoms with Gasteiger partial charge < -0.3 is 11.5 Å². The summed E-state index contributed by atoms with van der Waals surface area (Å²) >= 11 is 1.72. The van der Waals surface area contributed by atoms with E-state index in [4.69, 9.17) is 11.5 Å². The molecule has 1 aliphatic rings. The van der Waals surface area contributed by atoms with E-state index in [1.54, 1.807) is 17.4 Å². The number of amides is 1. The zero-order valence-electron chi connectivity index (χ0n) is 11.4. The third-order valence-electron chi connectivity index (χ3n) is 3.42. The Bertz CT molecular complexity index is 741. The van der Waals surface area contributed by atoms with E-state index in [0.29, 0.717) is 5.56 Å². The van der Waals surface area contributed by atoms with Crippen LogP contribution in [0.2, 0.25) is 0 Å². The number of benzene rings is 1. The van der Waals surface area contributed by atoms with Gasteiger partial charge in [-0.3, -0.25) is 4.79 Å². The van der Waals surface area contributed by atoms with Crippen molar-refractivity contribution in [1.29, 1.82) is 0 Å². The summed E-state index contributed by atoms with van der Waals surface area (Å²) in [5.74, 6) is -0.609. The van der Waals surface area contributed by atoms with Crippen molar-refractivity contribution >= 4 is 28.8 Å². The fourth-order valence-electron chi connectivity index (χ4n) is 2.53. The average molecular weight is 297 g/mol. The van der Waals surface area contributed by atoms with E-state index >= 15 is 0 Å². The first-order valence-corrected chi connectivity index (χ1v) is 7.54. The number of rotatable bonds is 2. The lowest BCUT2D eigenvalue weighted by Gasteiger charge is -2.17. The van der Waals surface area contributed by atoms with E-state index in [1.165, 1.54) is 16.0 Å². The molecule has 0 aliphatic heterocycles. The summed E-state index contributed by atoms with van der Waals surface area (Å²) in [6, 6.07) is 9.82. The Morgan fingerprint density at radius 1 is 1.24 bits per heavy atom. The number of thiophene rings is 1. The quantitative estimate of drug-likeness (QED) is 0.660. The summed E-state index contributed by atoms with van der Waals surface area (Å²) in [4.78, 5) is 16.7. The number of aliphatic imine (C=N–C) groups is 1. The van der Waals surface area contributed by atoms with Crippen molar-refractivity contribution in [3.05, 3.63) is 63.4 Å². The van der Waals surface area contributed by atoms with E-state index in [1.807, 2.05) is 18.2 Å². The number of aryl methyl sites for hydroxylation is 1. The Morgan fingerprint density at radius 3 is 2.81 bits per heavy atom. The number of guanidine groups is 1. The molecule has 21 heavy (non-hydrogen) atoms. The highest BCUT2D eigenvalue weighted by Crippen LogP contribution is 2.34. The molecule has 1 amide bonds. The standard InChI is InChI=1S/C16H15N3OS/c17-16(18)19-15(20)11-6-7-12-10(9-11)3-1-4-13(12)14-5-2-8-21-14/h2,4-9H,1,3H2,(H4,17,18,19,20). The van der Waals surface area contributed by atoms with Crippen LogP contribution in [0.4, 0.5) is 0 Å². The Morgan fingerprint density at radius 2 is 2.10 bits per heavy atom. The molecule has 3 rings (SSSR count). The molecule has 0 saturated carbocycles. The number of allylic oxidation sites excluding steroid dienone is 1. The summed E-state index contributed by atoms with van der Waals surface area (Å²) in [6.45, 7) is 0. The van der Waals surface area contributed by atoms with E-state index in [9.17, 15) is 4.79 Å². The van der Waals surface area contributed by atoms with Gasteiger partial charge in [-0.05, 0) is 53.1 Å². The second-order valence-corrected chi connectivity index (χ2v) is 5.80. The summed E-state index contributed by atoms with van der Waals surface area (Å²) in [7, 11) is 0. The molecule has 5 heteroatoms. The van der Waals surface area contributed by atoms with Crippen LogP contribution in [0.5, 0.6) is 0 Å². The van der Waals surface area contributed by atoms with Crippen molar-refractivity contribution in [3.63, 3.8) is 0 Å². The molecule has 0 bridgehead atoms. The van der Waals surface area contributed by atoms with Gasteiger partial charge in [0.15, 0.2) is 5.96 Å². The van der Waals surface area contributed by atoms with Crippen LogP contribution in [0, 0.1) is 0 Å². The molecule has 106 valence electrons. The largest absolute Gasteiger partial charge is 0.370 e. The molecule has 1 aliphatic carbocycles. The topological polar surface area (TPSA) is 81.5 Å². The molecule has 0 saturated heterocycles. The van der Waals surface area contributed by atoms with Crippen LogP contribution in [0.1, 0.15) is 32.8 Å². The first kappa shape index (κ1) is 13.6. The first-order chi connectivity index (χ1) is 10.1. The fraction of sp³-hybridized carbons (Fsp3) is 0.125. The van der Waals surface area contributed by atoms with Crippen LogP contribution in [-0.2, 0) is 6.42 Å². The van der Waals surface area contributed by atoms with Crippen molar-refractivity contribution in [3.8, 4) is 0 Å². The normalized spacial score (nSPS) is 13.2. The van der Waals surface area contributed by atoms with Gasteiger partial charge in [-0.25, -0.2) is 0 Å². The average Bonchev–Trinajstić information content (AvgIpc) is 2.99. The maximum absolute atomic E-state index is 11.9. The molecular weight excluding hydrogens is 282 g/mol. The van der Waals surface area contributed by atoms with Crippen molar-refractivity contribution in [2.75, 3.05) is 0 Å². The van der Waals surface area contributed by atoms with Crippen LogP contribution in [0.15, 0.2) is 46.8 Å². The van der Waals surface area contributed by atoms with Gasteiger partial charge in [0.1, 0.15) is 0 Å². The number of nitrogens with zero attached hydrogens (tertiary/aromatic N) is 1. The predicted octanol–water partition coefficient (Wildman–Crippen LogP) is 2.54. The second kappa shape index (κ2) is 5.54. The van der Waals surface area contributed by atoms with E-state index < -0.39 is 5.91 Å². The van der Waals surface area contributed by atoms with Gasteiger partial charge in [0.05, 0.1) is 0 Å². The molecule has 1 aromatic carbocycles. The Balaban J connectivity index is 2.00. The molecule has 4 nitrogen and oxygen atoms in total. The van der Waals surface area contributed by atoms with Crippen LogP contribution in [0.3, 0.4) is 0 Å².